The Morgan fingerprint density at radius 2 is 1.96 bits per heavy atom. The van der Waals surface area contributed by atoms with Crippen LogP contribution in [0.1, 0.15) is 36.7 Å². The standard InChI is InChI=1S/C19H17N3O2/c1-11(2)18-21-17-9-15(23)6-7-16(17)19(24)22(18)14-5-4-13(10-20)12(3)8-14/h4-9,11,23H,1-3H3. The second-order valence-electron chi connectivity index (χ2n) is 6.08. The molecule has 0 atom stereocenters. The summed E-state index contributed by atoms with van der Waals surface area (Å²) >= 11 is 0. The Labute approximate surface area is 139 Å². The number of aryl methyl sites for hydroxylation is 1. The van der Waals surface area contributed by atoms with Gasteiger partial charge in [0.05, 0.1) is 28.2 Å². The first-order valence-corrected chi connectivity index (χ1v) is 7.69. The average molecular weight is 319 g/mol. The number of hydrogen-bond donors (Lipinski definition) is 1. The largest absolute Gasteiger partial charge is 0.508 e. The molecule has 3 rings (SSSR count). The summed E-state index contributed by atoms with van der Waals surface area (Å²) in [5.74, 6) is 0.707. The van der Waals surface area contributed by atoms with Gasteiger partial charge in [0.15, 0.2) is 0 Å². The molecular formula is C19H17N3O2. The third kappa shape index (κ3) is 2.52. The van der Waals surface area contributed by atoms with E-state index in [2.05, 4.69) is 11.1 Å². The second kappa shape index (κ2) is 5.82. The summed E-state index contributed by atoms with van der Waals surface area (Å²) in [6.07, 6.45) is 0. The Morgan fingerprint density at radius 1 is 1.21 bits per heavy atom. The maximum absolute atomic E-state index is 13.0. The monoisotopic (exact) mass is 319 g/mol. The fourth-order valence-electron chi connectivity index (χ4n) is 2.74. The number of benzene rings is 2. The van der Waals surface area contributed by atoms with Gasteiger partial charge in [0.25, 0.3) is 5.56 Å². The molecule has 0 aliphatic rings. The van der Waals surface area contributed by atoms with Gasteiger partial charge in [0.1, 0.15) is 11.6 Å². The van der Waals surface area contributed by atoms with Crippen molar-refractivity contribution in [1.29, 1.82) is 5.26 Å². The summed E-state index contributed by atoms with van der Waals surface area (Å²) in [6.45, 7) is 5.77. The van der Waals surface area contributed by atoms with Gasteiger partial charge in [0, 0.05) is 12.0 Å². The highest BCUT2D eigenvalue weighted by Crippen LogP contribution is 2.22. The van der Waals surface area contributed by atoms with Crippen LogP contribution in [-0.4, -0.2) is 14.7 Å². The van der Waals surface area contributed by atoms with Gasteiger partial charge < -0.3 is 5.11 Å². The summed E-state index contributed by atoms with van der Waals surface area (Å²) in [6, 6.07) is 12.0. The molecule has 0 fully saturated rings. The van der Waals surface area contributed by atoms with Gasteiger partial charge in [0.2, 0.25) is 0 Å². The zero-order valence-electron chi connectivity index (χ0n) is 13.7. The minimum absolute atomic E-state index is 0.0143. The van der Waals surface area contributed by atoms with Gasteiger partial charge in [-0.3, -0.25) is 9.36 Å². The van der Waals surface area contributed by atoms with Crippen molar-refractivity contribution in [2.75, 3.05) is 0 Å². The number of phenolic OH excluding ortho intramolecular Hbond substituents is 1. The number of nitrogens with zero attached hydrogens (tertiary/aromatic N) is 3. The topological polar surface area (TPSA) is 78.9 Å². The Hall–Kier alpha value is -3.13. The molecule has 0 saturated carbocycles. The van der Waals surface area contributed by atoms with Crippen LogP contribution in [-0.2, 0) is 0 Å². The van der Waals surface area contributed by atoms with Gasteiger partial charge in [-0.25, -0.2) is 4.98 Å². The summed E-state index contributed by atoms with van der Waals surface area (Å²) in [5.41, 5.74) is 2.36. The van der Waals surface area contributed by atoms with E-state index in [0.717, 1.165) is 5.56 Å². The molecule has 0 spiro atoms. The fraction of sp³-hybridized carbons (Fsp3) is 0.211. The van der Waals surface area contributed by atoms with Crippen LogP contribution in [0.4, 0.5) is 0 Å². The van der Waals surface area contributed by atoms with E-state index in [1.54, 1.807) is 22.8 Å². The number of hydrogen-bond acceptors (Lipinski definition) is 4. The number of nitriles is 1. The van der Waals surface area contributed by atoms with Gasteiger partial charge in [-0.05, 0) is 42.8 Å². The van der Waals surface area contributed by atoms with Crippen molar-refractivity contribution in [2.24, 2.45) is 0 Å². The van der Waals surface area contributed by atoms with Crippen LogP contribution >= 0.6 is 0 Å². The van der Waals surface area contributed by atoms with E-state index in [1.165, 1.54) is 12.1 Å². The Kier molecular flexibility index (Phi) is 3.82. The molecule has 0 bridgehead atoms. The van der Waals surface area contributed by atoms with Gasteiger partial charge in [-0.2, -0.15) is 5.26 Å². The number of aromatic nitrogens is 2. The molecule has 5 heteroatoms. The minimum Gasteiger partial charge on any atom is -0.508 e. The zero-order valence-corrected chi connectivity index (χ0v) is 13.7. The molecule has 1 aromatic heterocycles. The highest BCUT2D eigenvalue weighted by atomic mass is 16.3. The van der Waals surface area contributed by atoms with Crippen LogP contribution in [0.3, 0.4) is 0 Å². The van der Waals surface area contributed by atoms with Crippen LogP contribution in [0.25, 0.3) is 16.6 Å². The summed E-state index contributed by atoms with van der Waals surface area (Å²) < 4.78 is 1.58. The number of rotatable bonds is 2. The highest BCUT2D eigenvalue weighted by Gasteiger charge is 2.16. The lowest BCUT2D eigenvalue weighted by atomic mass is 10.1. The molecule has 0 amide bonds. The lowest BCUT2D eigenvalue weighted by molar-refractivity contribution is 0.476. The maximum Gasteiger partial charge on any atom is 0.265 e. The lowest BCUT2D eigenvalue weighted by Gasteiger charge is -2.16. The van der Waals surface area contributed by atoms with Crippen molar-refractivity contribution in [3.63, 3.8) is 0 Å². The van der Waals surface area contributed by atoms with E-state index >= 15 is 0 Å². The lowest BCUT2D eigenvalue weighted by Crippen LogP contribution is -2.24. The summed E-state index contributed by atoms with van der Waals surface area (Å²) in [4.78, 5) is 17.6. The molecule has 0 unspecified atom stereocenters. The van der Waals surface area contributed by atoms with E-state index in [0.29, 0.717) is 28.0 Å². The molecule has 0 aliphatic carbocycles. The Balaban J connectivity index is 2.38. The van der Waals surface area contributed by atoms with Gasteiger partial charge >= 0.3 is 0 Å². The normalized spacial score (nSPS) is 11.0. The molecule has 120 valence electrons. The van der Waals surface area contributed by atoms with Gasteiger partial charge in [-0.1, -0.05) is 13.8 Å². The Bertz CT molecular complexity index is 1040. The highest BCUT2D eigenvalue weighted by molar-refractivity contribution is 5.79. The van der Waals surface area contributed by atoms with Crippen LogP contribution in [0.5, 0.6) is 5.75 Å². The number of aromatic hydroxyl groups is 1. The van der Waals surface area contributed by atoms with Crippen molar-refractivity contribution >= 4 is 10.9 Å². The average Bonchev–Trinajstić information content (AvgIpc) is 2.54. The predicted molar refractivity (Wildman–Crippen MR) is 92.5 cm³/mol. The number of phenols is 1. The molecular weight excluding hydrogens is 302 g/mol. The van der Waals surface area contributed by atoms with E-state index in [1.807, 2.05) is 26.8 Å². The second-order valence-corrected chi connectivity index (χ2v) is 6.08. The van der Waals surface area contributed by atoms with E-state index in [4.69, 9.17) is 5.26 Å². The van der Waals surface area contributed by atoms with Crippen LogP contribution < -0.4 is 5.56 Å². The first kappa shape index (κ1) is 15.8. The molecule has 2 aromatic carbocycles. The van der Waals surface area contributed by atoms with E-state index in [-0.39, 0.29) is 17.2 Å². The molecule has 5 nitrogen and oxygen atoms in total. The molecule has 0 radical (unpaired) electrons. The first-order chi connectivity index (χ1) is 11.4. The first-order valence-electron chi connectivity index (χ1n) is 7.69. The van der Waals surface area contributed by atoms with Crippen LogP contribution in [0, 0.1) is 18.3 Å². The molecule has 0 saturated heterocycles. The van der Waals surface area contributed by atoms with Gasteiger partial charge in [-0.15, -0.1) is 0 Å². The molecule has 1 N–H and O–H groups in total. The SMILES string of the molecule is Cc1cc(-n2c(C(C)C)nc3cc(O)ccc3c2=O)ccc1C#N. The van der Waals surface area contributed by atoms with Crippen molar-refractivity contribution in [1.82, 2.24) is 9.55 Å². The van der Waals surface area contributed by atoms with Crippen molar-refractivity contribution < 1.29 is 5.11 Å². The predicted octanol–water partition coefficient (Wildman–Crippen LogP) is 3.39. The zero-order chi connectivity index (χ0) is 17.4. The fourth-order valence-corrected chi connectivity index (χ4v) is 2.74. The molecule has 3 aromatic rings. The smallest absolute Gasteiger partial charge is 0.265 e. The minimum atomic E-state index is -0.187. The molecule has 0 aliphatic heterocycles. The van der Waals surface area contributed by atoms with Crippen LogP contribution in [0.15, 0.2) is 41.2 Å². The van der Waals surface area contributed by atoms with E-state index < -0.39 is 0 Å². The summed E-state index contributed by atoms with van der Waals surface area (Å²) in [5, 5.41) is 19.2. The third-order valence-electron chi connectivity index (χ3n) is 3.98. The van der Waals surface area contributed by atoms with Crippen molar-refractivity contribution in [3.8, 4) is 17.5 Å². The van der Waals surface area contributed by atoms with Crippen molar-refractivity contribution in [2.45, 2.75) is 26.7 Å². The summed E-state index contributed by atoms with van der Waals surface area (Å²) in [7, 11) is 0. The quantitative estimate of drug-likeness (QED) is 0.785. The van der Waals surface area contributed by atoms with E-state index in [9.17, 15) is 9.90 Å². The van der Waals surface area contributed by atoms with Crippen LogP contribution in [0.2, 0.25) is 0 Å². The maximum atomic E-state index is 13.0. The van der Waals surface area contributed by atoms with Crippen molar-refractivity contribution in [3.05, 3.63) is 63.7 Å². The number of fused-ring (bicyclic) bond motifs is 1. The molecule has 24 heavy (non-hydrogen) atoms. The third-order valence-corrected chi connectivity index (χ3v) is 3.98. The Morgan fingerprint density at radius 3 is 2.58 bits per heavy atom. The molecule has 1 heterocycles.